The fourth-order valence-electron chi connectivity index (χ4n) is 8.78. The predicted octanol–water partition coefficient (Wildman–Crippen LogP) is 11.7. The van der Waals surface area contributed by atoms with Crippen molar-refractivity contribution < 1.29 is 0 Å². The summed E-state index contributed by atoms with van der Waals surface area (Å²) in [5, 5.41) is 0. The Morgan fingerprint density at radius 2 is 1.11 bits per heavy atom. The number of rotatable bonds is 11. The van der Waals surface area contributed by atoms with Crippen LogP contribution in [0.1, 0.15) is 166 Å². The first kappa shape index (κ1) is 28.2. The summed E-state index contributed by atoms with van der Waals surface area (Å²) in [5.74, 6) is 7.51. The molecule has 3 saturated carbocycles. The van der Waals surface area contributed by atoms with E-state index < -0.39 is 0 Å². The van der Waals surface area contributed by atoms with Crippen molar-refractivity contribution in [1.82, 2.24) is 0 Å². The maximum absolute atomic E-state index is 2.63. The van der Waals surface area contributed by atoms with Crippen LogP contribution in [0.5, 0.6) is 0 Å². The smallest absolute Gasteiger partial charge is 0.0162 e. The molecule has 3 aliphatic rings. The lowest BCUT2D eigenvalue weighted by molar-refractivity contribution is 0.118. The SMILES string of the molecule is CCCCCC1CCC(C(C)C2CCC(C(C)c3ccc(C4CCC(CCC)CC4)cc3)CC2)CC1. The summed E-state index contributed by atoms with van der Waals surface area (Å²) in [7, 11) is 0. The molecule has 204 valence electrons. The van der Waals surface area contributed by atoms with Gasteiger partial charge in [-0.2, -0.15) is 0 Å². The van der Waals surface area contributed by atoms with Crippen molar-refractivity contribution in [3.05, 3.63) is 35.4 Å². The van der Waals surface area contributed by atoms with Gasteiger partial charge in [0.05, 0.1) is 0 Å². The molecule has 0 aliphatic heterocycles. The van der Waals surface area contributed by atoms with E-state index in [9.17, 15) is 0 Å². The average Bonchev–Trinajstić information content (AvgIpc) is 2.94. The summed E-state index contributed by atoms with van der Waals surface area (Å²) in [6.45, 7) is 9.84. The molecule has 0 heteroatoms. The van der Waals surface area contributed by atoms with Gasteiger partial charge in [0.25, 0.3) is 0 Å². The quantitative estimate of drug-likeness (QED) is 0.269. The number of unbranched alkanes of at least 4 members (excludes halogenated alkanes) is 2. The lowest BCUT2D eigenvalue weighted by Crippen LogP contribution is -2.29. The van der Waals surface area contributed by atoms with Crippen molar-refractivity contribution in [3.8, 4) is 0 Å². The van der Waals surface area contributed by atoms with Gasteiger partial charge in [0.1, 0.15) is 0 Å². The van der Waals surface area contributed by atoms with Gasteiger partial charge in [0.15, 0.2) is 0 Å². The van der Waals surface area contributed by atoms with E-state index in [4.69, 9.17) is 0 Å². The lowest BCUT2D eigenvalue weighted by Gasteiger charge is -2.40. The third-order valence-corrected chi connectivity index (χ3v) is 11.6. The molecular weight excluding hydrogens is 432 g/mol. The molecule has 3 fully saturated rings. The molecule has 0 nitrogen and oxygen atoms in total. The molecule has 2 atom stereocenters. The Morgan fingerprint density at radius 1 is 0.583 bits per heavy atom. The monoisotopic (exact) mass is 492 g/mol. The Hall–Kier alpha value is -0.780. The Morgan fingerprint density at radius 3 is 1.69 bits per heavy atom. The first-order valence-corrected chi connectivity index (χ1v) is 16.7. The van der Waals surface area contributed by atoms with E-state index in [1.165, 1.54) is 116 Å². The zero-order valence-electron chi connectivity index (χ0n) is 24.7. The Balaban J connectivity index is 1.19. The molecule has 0 heterocycles. The lowest BCUT2D eigenvalue weighted by atomic mass is 9.65. The highest BCUT2D eigenvalue weighted by atomic mass is 14.4. The molecular formula is C36H60. The van der Waals surface area contributed by atoms with Crippen molar-refractivity contribution in [3.63, 3.8) is 0 Å². The zero-order valence-corrected chi connectivity index (χ0v) is 24.7. The molecule has 0 spiro atoms. The van der Waals surface area contributed by atoms with E-state index in [-0.39, 0.29) is 0 Å². The Bertz CT molecular complexity index is 707. The maximum atomic E-state index is 2.63. The van der Waals surface area contributed by atoms with Gasteiger partial charge in [0, 0.05) is 0 Å². The minimum absolute atomic E-state index is 0.731. The van der Waals surface area contributed by atoms with Crippen LogP contribution in [-0.4, -0.2) is 0 Å². The zero-order chi connectivity index (χ0) is 25.3. The predicted molar refractivity (Wildman–Crippen MR) is 159 cm³/mol. The summed E-state index contributed by atoms with van der Waals surface area (Å²) < 4.78 is 0. The van der Waals surface area contributed by atoms with Gasteiger partial charge < -0.3 is 0 Å². The van der Waals surface area contributed by atoms with Crippen LogP contribution in [0.3, 0.4) is 0 Å². The van der Waals surface area contributed by atoms with Gasteiger partial charge in [-0.1, -0.05) is 103 Å². The highest BCUT2D eigenvalue weighted by Gasteiger charge is 2.33. The van der Waals surface area contributed by atoms with Crippen LogP contribution in [0.4, 0.5) is 0 Å². The van der Waals surface area contributed by atoms with Crippen molar-refractivity contribution >= 4 is 0 Å². The van der Waals surface area contributed by atoms with Gasteiger partial charge in [-0.05, 0) is 123 Å². The minimum Gasteiger partial charge on any atom is -0.0654 e. The molecule has 4 rings (SSSR count). The topological polar surface area (TPSA) is 0 Å². The molecule has 3 aliphatic carbocycles. The van der Waals surface area contributed by atoms with Crippen LogP contribution >= 0.6 is 0 Å². The molecule has 0 saturated heterocycles. The Kier molecular flexibility index (Phi) is 11.3. The van der Waals surface area contributed by atoms with Crippen LogP contribution in [0.2, 0.25) is 0 Å². The van der Waals surface area contributed by atoms with E-state index in [0.717, 1.165) is 47.3 Å². The molecule has 0 aromatic heterocycles. The molecule has 0 N–H and O–H groups in total. The third-order valence-electron chi connectivity index (χ3n) is 11.6. The average molecular weight is 493 g/mol. The highest BCUT2D eigenvalue weighted by molar-refractivity contribution is 5.28. The van der Waals surface area contributed by atoms with E-state index in [1.54, 1.807) is 11.1 Å². The highest BCUT2D eigenvalue weighted by Crippen LogP contribution is 2.46. The van der Waals surface area contributed by atoms with E-state index in [2.05, 4.69) is 52.0 Å². The minimum atomic E-state index is 0.731. The van der Waals surface area contributed by atoms with Crippen LogP contribution in [0, 0.1) is 35.5 Å². The second-order valence-electron chi connectivity index (χ2n) is 13.8. The number of hydrogen-bond donors (Lipinski definition) is 0. The fourth-order valence-corrected chi connectivity index (χ4v) is 8.78. The van der Waals surface area contributed by atoms with Crippen LogP contribution in [-0.2, 0) is 0 Å². The third kappa shape index (κ3) is 7.63. The maximum Gasteiger partial charge on any atom is -0.0162 e. The van der Waals surface area contributed by atoms with Gasteiger partial charge in [-0.25, -0.2) is 0 Å². The summed E-state index contributed by atoms with van der Waals surface area (Å²) >= 11 is 0. The summed E-state index contributed by atoms with van der Waals surface area (Å²) in [5.41, 5.74) is 3.23. The van der Waals surface area contributed by atoms with Gasteiger partial charge in [-0.15, -0.1) is 0 Å². The normalized spacial score (nSPS) is 33.2. The van der Waals surface area contributed by atoms with Crippen LogP contribution in [0.15, 0.2) is 24.3 Å². The largest absolute Gasteiger partial charge is 0.0654 e. The molecule has 36 heavy (non-hydrogen) atoms. The van der Waals surface area contributed by atoms with Crippen molar-refractivity contribution in [2.75, 3.05) is 0 Å². The standard InChI is InChI=1S/C36H60/c1-5-7-8-10-30-11-15-31(16-12-30)27(3)32-19-21-33(22-20-32)28(4)34-23-25-36(26-24-34)35-17-13-29(9-6-2)14-18-35/h23-33,35H,5-22H2,1-4H3. The first-order chi connectivity index (χ1) is 17.6. The molecule has 0 bridgehead atoms. The summed E-state index contributed by atoms with van der Waals surface area (Å²) in [6, 6.07) is 10.0. The van der Waals surface area contributed by atoms with Crippen molar-refractivity contribution in [2.45, 2.75) is 155 Å². The van der Waals surface area contributed by atoms with Gasteiger partial charge in [-0.3, -0.25) is 0 Å². The summed E-state index contributed by atoms with van der Waals surface area (Å²) in [4.78, 5) is 0. The van der Waals surface area contributed by atoms with Gasteiger partial charge in [0.2, 0.25) is 0 Å². The van der Waals surface area contributed by atoms with E-state index >= 15 is 0 Å². The second kappa shape index (κ2) is 14.4. The van der Waals surface area contributed by atoms with E-state index in [0.29, 0.717) is 0 Å². The molecule has 1 aromatic rings. The summed E-state index contributed by atoms with van der Waals surface area (Å²) in [6.07, 6.45) is 26.4. The Labute approximate surface area is 225 Å². The molecule has 0 radical (unpaired) electrons. The molecule has 2 unspecified atom stereocenters. The first-order valence-electron chi connectivity index (χ1n) is 16.7. The molecule has 1 aromatic carbocycles. The number of hydrogen-bond acceptors (Lipinski definition) is 0. The van der Waals surface area contributed by atoms with Gasteiger partial charge >= 0.3 is 0 Å². The number of benzene rings is 1. The second-order valence-corrected chi connectivity index (χ2v) is 13.8. The fraction of sp³-hybridized carbons (Fsp3) is 0.833. The van der Waals surface area contributed by atoms with Crippen molar-refractivity contribution in [2.24, 2.45) is 35.5 Å². The van der Waals surface area contributed by atoms with E-state index in [1.807, 2.05) is 0 Å². The van der Waals surface area contributed by atoms with Crippen LogP contribution < -0.4 is 0 Å². The van der Waals surface area contributed by atoms with Crippen molar-refractivity contribution in [1.29, 1.82) is 0 Å². The van der Waals surface area contributed by atoms with Crippen LogP contribution in [0.25, 0.3) is 0 Å². The molecule has 0 amide bonds.